The number of nitrogens with zero attached hydrogens (tertiary/aromatic N) is 4. The van der Waals surface area contributed by atoms with E-state index in [4.69, 9.17) is 11.6 Å². The standard InChI is InChI=1S/C25H32ClN5O2/c1-16-12-21(32)23-22(16)24(29-15-28-23)30-8-10-31(11-9-30)25(33)20(14-27-13-17-2-3-17)18-4-6-19(26)7-5-18/h4-7,15-17,20-21,27,32H,2-3,8-14H2,1H3/t16-,20?,21-/m1/s1. The summed E-state index contributed by atoms with van der Waals surface area (Å²) in [6.45, 7) is 6.50. The number of hydrogen-bond donors (Lipinski definition) is 2. The second-order valence-electron chi connectivity index (χ2n) is 9.67. The van der Waals surface area contributed by atoms with Crippen LogP contribution in [-0.4, -0.2) is 65.2 Å². The summed E-state index contributed by atoms with van der Waals surface area (Å²) in [5.41, 5.74) is 2.83. The highest BCUT2D eigenvalue weighted by Gasteiger charge is 2.35. The molecule has 3 atom stereocenters. The van der Waals surface area contributed by atoms with E-state index in [2.05, 4.69) is 27.1 Å². The lowest BCUT2D eigenvalue weighted by atomic mass is 9.97. The van der Waals surface area contributed by atoms with Crippen LogP contribution in [-0.2, 0) is 4.79 Å². The van der Waals surface area contributed by atoms with Crippen LogP contribution in [0.5, 0.6) is 0 Å². The van der Waals surface area contributed by atoms with Crippen molar-refractivity contribution in [3.63, 3.8) is 0 Å². The predicted molar refractivity (Wildman–Crippen MR) is 129 cm³/mol. The van der Waals surface area contributed by atoms with Crippen LogP contribution in [0.25, 0.3) is 0 Å². The first-order valence-corrected chi connectivity index (χ1v) is 12.4. The van der Waals surface area contributed by atoms with Gasteiger partial charge in [-0.1, -0.05) is 30.7 Å². The first-order valence-electron chi connectivity index (χ1n) is 12.0. The fraction of sp³-hybridized carbons (Fsp3) is 0.560. The van der Waals surface area contributed by atoms with Crippen LogP contribution in [0.2, 0.25) is 5.02 Å². The van der Waals surface area contributed by atoms with Gasteiger partial charge in [0.15, 0.2) is 0 Å². The molecule has 0 bridgehead atoms. The van der Waals surface area contributed by atoms with Crippen LogP contribution in [0.4, 0.5) is 5.82 Å². The Labute approximate surface area is 200 Å². The summed E-state index contributed by atoms with van der Waals surface area (Å²) < 4.78 is 0. The Morgan fingerprint density at radius 3 is 2.61 bits per heavy atom. The number of aliphatic hydroxyl groups excluding tert-OH is 1. The van der Waals surface area contributed by atoms with E-state index in [1.54, 1.807) is 6.33 Å². The van der Waals surface area contributed by atoms with Crippen molar-refractivity contribution < 1.29 is 9.90 Å². The molecule has 1 saturated heterocycles. The van der Waals surface area contributed by atoms with Gasteiger partial charge >= 0.3 is 0 Å². The predicted octanol–water partition coefficient (Wildman–Crippen LogP) is 3.10. The van der Waals surface area contributed by atoms with E-state index in [1.807, 2.05) is 29.2 Å². The summed E-state index contributed by atoms with van der Waals surface area (Å²) in [6, 6.07) is 7.66. The molecular formula is C25H32ClN5O2. The number of aliphatic hydroxyl groups is 1. The monoisotopic (exact) mass is 469 g/mol. The fourth-order valence-corrected chi connectivity index (χ4v) is 5.24. The van der Waals surface area contributed by atoms with E-state index >= 15 is 0 Å². The Morgan fingerprint density at radius 2 is 1.91 bits per heavy atom. The number of aromatic nitrogens is 2. The van der Waals surface area contributed by atoms with E-state index in [0.29, 0.717) is 31.1 Å². The second kappa shape index (κ2) is 9.57. The Morgan fingerprint density at radius 1 is 1.18 bits per heavy atom. The van der Waals surface area contributed by atoms with Crippen molar-refractivity contribution in [2.45, 2.75) is 44.1 Å². The number of amides is 1. The third-order valence-corrected chi connectivity index (χ3v) is 7.47. The molecule has 3 aliphatic rings. The molecule has 1 saturated carbocycles. The minimum Gasteiger partial charge on any atom is -0.387 e. The van der Waals surface area contributed by atoms with Gasteiger partial charge < -0.3 is 20.2 Å². The number of rotatable bonds is 7. The molecule has 33 heavy (non-hydrogen) atoms. The summed E-state index contributed by atoms with van der Waals surface area (Å²) in [5, 5.41) is 14.5. The topological polar surface area (TPSA) is 81.6 Å². The molecule has 1 amide bonds. The SMILES string of the molecule is C[C@@H]1C[C@@H](O)c2ncnc(N3CCN(C(=O)C(CNCC4CC4)c4ccc(Cl)cc4)CC3)c21. The van der Waals surface area contributed by atoms with Gasteiger partial charge in [0.25, 0.3) is 0 Å². The van der Waals surface area contributed by atoms with Gasteiger partial charge in [-0.25, -0.2) is 9.97 Å². The Kier molecular flexibility index (Phi) is 6.54. The maximum Gasteiger partial charge on any atom is 0.231 e. The lowest BCUT2D eigenvalue weighted by Crippen LogP contribution is -2.51. The van der Waals surface area contributed by atoms with Crippen molar-refractivity contribution in [3.05, 3.63) is 52.4 Å². The first kappa shape index (κ1) is 22.6. The molecule has 0 spiro atoms. The van der Waals surface area contributed by atoms with Crippen LogP contribution in [0.3, 0.4) is 0 Å². The van der Waals surface area contributed by atoms with Crippen LogP contribution < -0.4 is 10.2 Å². The minimum atomic E-state index is -0.511. The van der Waals surface area contributed by atoms with Crippen molar-refractivity contribution in [1.29, 1.82) is 0 Å². The molecule has 1 aliphatic heterocycles. The van der Waals surface area contributed by atoms with Crippen LogP contribution in [0.1, 0.15) is 60.9 Å². The molecule has 7 nitrogen and oxygen atoms in total. The summed E-state index contributed by atoms with van der Waals surface area (Å²) in [5.74, 6) is 1.86. The zero-order valence-electron chi connectivity index (χ0n) is 19.1. The van der Waals surface area contributed by atoms with Crippen molar-refractivity contribution in [2.24, 2.45) is 5.92 Å². The average molecular weight is 470 g/mol. The number of fused-ring (bicyclic) bond motifs is 1. The van der Waals surface area contributed by atoms with Gasteiger partial charge in [0.2, 0.25) is 5.91 Å². The van der Waals surface area contributed by atoms with Gasteiger partial charge in [0.1, 0.15) is 12.1 Å². The average Bonchev–Trinajstić information content (AvgIpc) is 3.61. The van der Waals surface area contributed by atoms with E-state index in [0.717, 1.165) is 48.2 Å². The Balaban J connectivity index is 1.27. The molecule has 2 heterocycles. The number of nitrogens with one attached hydrogen (secondary N) is 1. The maximum atomic E-state index is 13.6. The number of anilines is 1. The molecule has 5 rings (SSSR count). The zero-order chi connectivity index (χ0) is 22.9. The van der Waals surface area contributed by atoms with Crippen molar-refractivity contribution in [3.8, 4) is 0 Å². The largest absolute Gasteiger partial charge is 0.387 e. The number of benzene rings is 1. The number of piperazine rings is 1. The lowest BCUT2D eigenvalue weighted by Gasteiger charge is -2.38. The smallest absolute Gasteiger partial charge is 0.231 e. The van der Waals surface area contributed by atoms with Gasteiger partial charge in [0.05, 0.1) is 17.7 Å². The number of halogens is 1. The third kappa shape index (κ3) is 4.86. The second-order valence-corrected chi connectivity index (χ2v) is 10.1. The minimum absolute atomic E-state index is 0.164. The Hall–Kier alpha value is -2.22. The highest BCUT2D eigenvalue weighted by molar-refractivity contribution is 6.30. The molecule has 176 valence electrons. The molecule has 2 aliphatic carbocycles. The summed E-state index contributed by atoms with van der Waals surface area (Å²) >= 11 is 6.09. The van der Waals surface area contributed by atoms with Crippen LogP contribution >= 0.6 is 11.6 Å². The van der Waals surface area contributed by atoms with Crippen LogP contribution in [0.15, 0.2) is 30.6 Å². The lowest BCUT2D eigenvalue weighted by molar-refractivity contribution is -0.133. The number of hydrogen-bond acceptors (Lipinski definition) is 6. The summed E-state index contributed by atoms with van der Waals surface area (Å²) in [6.07, 6.45) is 4.31. The molecule has 1 aromatic heterocycles. The van der Waals surface area contributed by atoms with Gasteiger partial charge in [-0.3, -0.25) is 4.79 Å². The Bertz CT molecular complexity index is 989. The fourth-order valence-electron chi connectivity index (χ4n) is 5.11. The van der Waals surface area contributed by atoms with E-state index in [9.17, 15) is 9.90 Å². The quantitative estimate of drug-likeness (QED) is 0.648. The van der Waals surface area contributed by atoms with Crippen molar-refractivity contribution >= 4 is 23.3 Å². The third-order valence-electron chi connectivity index (χ3n) is 7.22. The molecule has 8 heteroatoms. The zero-order valence-corrected chi connectivity index (χ0v) is 19.8. The van der Waals surface area contributed by atoms with Gasteiger partial charge in [-0.05, 0) is 55.3 Å². The van der Waals surface area contributed by atoms with E-state index in [-0.39, 0.29) is 17.7 Å². The molecule has 2 N–H and O–H groups in total. The van der Waals surface area contributed by atoms with E-state index in [1.165, 1.54) is 12.8 Å². The van der Waals surface area contributed by atoms with Gasteiger partial charge in [-0.15, -0.1) is 0 Å². The molecule has 2 aromatic rings. The highest BCUT2D eigenvalue weighted by atomic mass is 35.5. The highest BCUT2D eigenvalue weighted by Crippen LogP contribution is 2.42. The molecule has 1 unspecified atom stereocenters. The normalized spacial score (nSPS) is 23.5. The number of carbonyl (C=O) groups is 1. The molecular weight excluding hydrogens is 438 g/mol. The number of carbonyl (C=O) groups excluding carboxylic acids is 1. The summed E-state index contributed by atoms with van der Waals surface area (Å²) in [4.78, 5) is 26.7. The molecule has 2 fully saturated rings. The van der Waals surface area contributed by atoms with Crippen molar-refractivity contribution in [2.75, 3.05) is 44.2 Å². The summed E-state index contributed by atoms with van der Waals surface area (Å²) in [7, 11) is 0. The first-order chi connectivity index (χ1) is 16.0. The van der Waals surface area contributed by atoms with Crippen molar-refractivity contribution in [1.82, 2.24) is 20.2 Å². The molecule has 1 aromatic carbocycles. The van der Waals surface area contributed by atoms with Gasteiger partial charge in [-0.2, -0.15) is 0 Å². The van der Waals surface area contributed by atoms with Crippen LogP contribution in [0, 0.1) is 5.92 Å². The van der Waals surface area contributed by atoms with E-state index < -0.39 is 6.10 Å². The molecule has 0 radical (unpaired) electrons. The van der Waals surface area contributed by atoms with Gasteiger partial charge in [0, 0.05) is 43.3 Å². The maximum absolute atomic E-state index is 13.6.